The second-order valence-corrected chi connectivity index (χ2v) is 5.78. The summed E-state index contributed by atoms with van der Waals surface area (Å²) in [5.74, 6) is 0. The summed E-state index contributed by atoms with van der Waals surface area (Å²) in [6.07, 6.45) is -3.77. The summed E-state index contributed by atoms with van der Waals surface area (Å²) < 4.78 is 41.4. The maximum atomic E-state index is 13.8. The Kier molecular flexibility index (Phi) is 6.14. The number of nitro groups is 1. The zero-order chi connectivity index (χ0) is 18.3. The summed E-state index contributed by atoms with van der Waals surface area (Å²) in [7, 11) is 0. The first kappa shape index (κ1) is 18.9. The molecule has 0 spiro atoms. The minimum absolute atomic E-state index is 0.0111. The Hall–Kier alpha value is -2.41. The first-order chi connectivity index (χ1) is 11.8. The van der Waals surface area contributed by atoms with E-state index in [0.717, 1.165) is 5.56 Å². The molecule has 2 aromatic rings. The second kappa shape index (κ2) is 8.11. The number of aryl methyl sites for hydroxylation is 1. The number of alkyl halides is 3. The molecule has 0 aliphatic heterocycles. The van der Waals surface area contributed by atoms with Crippen LogP contribution >= 0.6 is 0 Å². The fourth-order valence-electron chi connectivity index (χ4n) is 2.76. The molecule has 0 fully saturated rings. The lowest BCUT2D eigenvalue weighted by atomic mass is 9.88. The summed E-state index contributed by atoms with van der Waals surface area (Å²) in [5.41, 5.74) is -1.84. The number of nitrogens with one attached hydrogen (secondary N) is 1. The molecule has 0 aromatic heterocycles. The van der Waals surface area contributed by atoms with Crippen LogP contribution in [0.2, 0.25) is 0 Å². The fraction of sp³-hybridized carbons (Fsp3) is 0.333. The van der Waals surface area contributed by atoms with E-state index in [1.807, 2.05) is 30.3 Å². The lowest BCUT2D eigenvalue weighted by Crippen LogP contribution is -2.58. The number of hydrogen-bond acceptors (Lipinski definition) is 3. The third kappa shape index (κ3) is 4.79. The van der Waals surface area contributed by atoms with E-state index in [4.69, 9.17) is 0 Å². The monoisotopic (exact) mass is 352 g/mol. The molecule has 0 saturated heterocycles. The van der Waals surface area contributed by atoms with E-state index >= 15 is 0 Å². The molecule has 1 N–H and O–H groups in total. The van der Waals surface area contributed by atoms with Gasteiger partial charge in [-0.2, -0.15) is 13.2 Å². The van der Waals surface area contributed by atoms with Crippen molar-refractivity contribution in [1.82, 2.24) is 5.32 Å². The highest BCUT2D eigenvalue weighted by Gasteiger charge is 2.59. The van der Waals surface area contributed by atoms with Crippen LogP contribution in [0.25, 0.3) is 0 Å². The van der Waals surface area contributed by atoms with Crippen molar-refractivity contribution >= 4 is 0 Å². The van der Waals surface area contributed by atoms with Gasteiger partial charge in [-0.3, -0.25) is 15.4 Å². The van der Waals surface area contributed by atoms with Crippen molar-refractivity contribution in [2.75, 3.05) is 13.1 Å². The fourth-order valence-corrected chi connectivity index (χ4v) is 2.76. The quantitative estimate of drug-likeness (QED) is 0.445. The predicted molar refractivity (Wildman–Crippen MR) is 88.8 cm³/mol. The molecule has 0 amide bonds. The van der Waals surface area contributed by atoms with Gasteiger partial charge in [0, 0.05) is 4.92 Å². The van der Waals surface area contributed by atoms with Crippen LogP contribution in [-0.4, -0.2) is 24.2 Å². The minimum Gasteiger partial charge on any atom is -0.294 e. The van der Waals surface area contributed by atoms with Crippen molar-refractivity contribution in [3.05, 3.63) is 81.9 Å². The summed E-state index contributed by atoms with van der Waals surface area (Å²) in [4.78, 5) is 10.0. The Morgan fingerprint density at radius 1 is 0.960 bits per heavy atom. The standard InChI is InChI=1S/C18H19F3N2O2/c19-18(20,21)17(14-23(24)25,16-11-5-2-6-12-16)22-13-7-10-15-8-3-1-4-9-15/h1-6,8-9,11-12,22H,7,10,13-14H2/t17-/m0/s1. The van der Waals surface area contributed by atoms with Crippen LogP contribution in [0.4, 0.5) is 13.2 Å². The van der Waals surface area contributed by atoms with Crippen molar-refractivity contribution in [2.24, 2.45) is 0 Å². The zero-order valence-electron chi connectivity index (χ0n) is 13.5. The highest BCUT2D eigenvalue weighted by molar-refractivity contribution is 5.27. The molecule has 0 radical (unpaired) electrons. The van der Waals surface area contributed by atoms with Gasteiger partial charge in [-0.05, 0) is 30.5 Å². The summed E-state index contributed by atoms with van der Waals surface area (Å²) >= 11 is 0. The van der Waals surface area contributed by atoms with Crippen LogP contribution in [0, 0.1) is 10.1 Å². The maximum Gasteiger partial charge on any atom is 0.417 e. The topological polar surface area (TPSA) is 55.2 Å². The van der Waals surface area contributed by atoms with Gasteiger partial charge in [0.05, 0.1) is 0 Å². The summed E-state index contributed by atoms with van der Waals surface area (Å²) in [6, 6.07) is 16.4. The van der Waals surface area contributed by atoms with Crippen molar-refractivity contribution in [1.29, 1.82) is 0 Å². The molecule has 0 aliphatic carbocycles. The summed E-state index contributed by atoms with van der Waals surface area (Å²) in [6.45, 7) is -1.25. The highest BCUT2D eigenvalue weighted by atomic mass is 19.4. The molecule has 25 heavy (non-hydrogen) atoms. The molecule has 2 rings (SSSR count). The molecule has 7 heteroatoms. The van der Waals surface area contributed by atoms with Crippen LogP contribution in [0.5, 0.6) is 0 Å². The van der Waals surface area contributed by atoms with Gasteiger partial charge in [0.2, 0.25) is 12.1 Å². The van der Waals surface area contributed by atoms with E-state index in [0.29, 0.717) is 12.8 Å². The van der Waals surface area contributed by atoms with E-state index in [-0.39, 0.29) is 12.1 Å². The van der Waals surface area contributed by atoms with Gasteiger partial charge in [-0.15, -0.1) is 0 Å². The molecular weight excluding hydrogens is 333 g/mol. The average Bonchev–Trinajstić information content (AvgIpc) is 2.58. The second-order valence-electron chi connectivity index (χ2n) is 5.78. The van der Waals surface area contributed by atoms with E-state index in [1.165, 1.54) is 24.3 Å². The molecule has 0 unspecified atom stereocenters. The molecule has 0 aliphatic rings. The molecule has 0 heterocycles. The van der Waals surface area contributed by atoms with Gasteiger partial charge in [0.1, 0.15) is 0 Å². The third-order valence-electron chi connectivity index (χ3n) is 4.03. The Bertz CT molecular complexity index is 678. The Morgan fingerprint density at radius 3 is 2.04 bits per heavy atom. The first-order valence-corrected chi connectivity index (χ1v) is 7.88. The minimum atomic E-state index is -4.80. The number of benzene rings is 2. The van der Waals surface area contributed by atoms with Gasteiger partial charge in [0.15, 0.2) is 0 Å². The van der Waals surface area contributed by atoms with Gasteiger partial charge >= 0.3 is 6.18 Å². The molecule has 2 aromatic carbocycles. The highest BCUT2D eigenvalue weighted by Crippen LogP contribution is 2.39. The van der Waals surface area contributed by atoms with Gasteiger partial charge in [-0.25, -0.2) is 0 Å². The Balaban J connectivity index is 2.17. The molecule has 4 nitrogen and oxygen atoms in total. The van der Waals surface area contributed by atoms with Gasteiger partial charge in [-0.1, -0.05) is 60.7 Å². The molecular formula is C18H19F3N2O2. The van der Waals surface area contributed by atoms with Crippen LogP contribution in [0.3, 0.4) is 0 Å². The van der Waals surface area contributed by atoms with Gasteiger partial charge < -0.3 is 0 Å². The molecule has 1 atom stereocenters. The van der Waals surface area contributed by atoms with Crippen LogP contribution in [0.1, 0.15) is 17.5 Å². The van der Waals surface area contributed by atoms with E-state index in [2.05, 4.69) is 5.32 Å². The van der Waals surface area contributed by atoms with Crippen molar-refractivity contribution in [3.8, 4) is 0 Å². The lowest BCUT2D eigenvalue weighted by molar-refractivity contribution is -0.504. The van der Waals surface area contributed by atoms with E-state index in [1.54, 1.807) is 6.07 Å². The molecule has 134 valence electrons. The number of nitrogens with zero attached hydrogens (tertiary/aromatic N) is 1. The zero-order valence-corrected chi connectivity index (χ0v) is 13.5. The average molecular weight is 352 g/mol. The van der Waals surface area contributed by atoms with E-state index in [9.17, 15) is 23.3 Å². The summed E-state index contributed by atoms with van der Waals surface area (Å²) in [5, 5.41) is 13.4. The number of hydrogen-bond donors (Lipinski definition) is 1. The maximum absolute atomic E-state index is 13.8. The van der Waals surface area contributed by atoms with Crippen molar-refractivity contribution in [3.63, 3.8) is 0 Å². The van der Waals surface area contributed by atoms with Crippen LogP contribution < -0.4 is 5.32 Å². The van der Waals surface area contributed by atoms with E-state index < -0.39 is 23.2 Å². The predicted octanol–water partition coefficient (Wildman–Crippen LogP) is 3.94. The van der Waals surface area contributed by atoms with Gasteiger partial charge in [0.25, 0.3) is 0 Å². The van der Waals surface area contributed by atoms with Crippen molar-refractivity contribution in [2.45, 2.75) is 24.6 Å². The SMILES string of the molecule is O=[N+]([O-])C[C@](NCCCc1ccccc1)(c1ccccc1)C(F)(F)F. The van der Waals surface area contributed by atoms with Crippen molar-refractivity contribution < 1.29 is 18.1 Å². The lowest BCUT2D eigenvalue weighted by Gasteiger charge is -2.33. The normalized spacial score (nSPS) is 14.0. The van der Waals surface area contributed by atoms with Crippen LogP contribution in [-0.2, 0) is 12.0 Å². The Morgan fingerprint density at radius 2 is 1.52 bits per heavy atom. The number of rotatable bonds is 8. The third-order valence-corrected chi connectivity index (χ3v) is 4.03. The smallest absolute Gasteiger partial charge is 0.294 e. The molecule has 0 bridgehead atoms. The van der Waals surface area contributed by atoms with Crippen LogP contribution in [0.15, 0.2) is 60.7 Å². The Labute approximate surface area is 143 Å². The molecule has 0 saturated carbocycles. The number of halogens is 3. The largest absolute Gasteiger partial charge is 0.417 e. The first-order valence-electron chi connectivity index (χ1n) is 7.88.